The van der Waals surface area contributed by atoms with Gasteiger partial charge in [-0.25, -0.2) is 0 Å². The normalized spacial score (nSPS) is 17.1. The molecule has 0 aliphatic carbocycles. The molecule has 3 aromatic rings. The Hall–Kier alpha value is -1.97. The Morgan fingerprint density at radius 1 is 1.17 bits per heavy atom. The van der Waals surface area contributed by atoms with Gasteiger partial charge in [0.25, 0.3) is 0 Å². The quantitative estimate of drug-likeness (QED) is 0.710. The lowest BCUT2D eigenvalue weighted by Crippen LogP contribution is -2.30. The number of aromatic amines is 1. The second-order valence-corrected chi connectivity index (χ2v) is 6.99. The molecule has 1 aliphatic rings. The first-order valence-electron chi connectivity index (χ1n) is 8.27. The highest BCUT2D eigenvalue weighted by atomic mass is 35.5. The smallest absolute Gasteiger partial charge is 0.127 e. The molecule has 0 amide bonds. The molecule has 1 aromatic heterocycles. The highest BCUT2D eigenvalue weighted by Gasteiger charge is 2.28. The van der Waals surface area contributed by atoms with E-state index >= 15 is 0 Å². The zero-order valence-corrected chi connectivity index (χ0v) is 14.9. The number of fused-ring (bicyclic) bond motifs is 3. The molecule has 0 saturated carbocycles. The van der Waals surface area contributed by atoms with E-state index in [1.54, 1.807) is 7.11 Å². The van der Waals surface area contributed by atoms with Crippen molar-refractivity contribution in [3.8, 4) is 5.75 Å². The number of aromatic nitrogens is 1. The second kappa shape index (κ2) is 5.83. The molecule has 4 rings (SSSR count). The van der Waals surface area contributed by atoms with Gasteiger partial charge in [0, 0.05) is 33.7 Å². The van der Waals surface area contributed by atoms with E-state index < -0.39 is 0 Å². The molecule has 2 aromatic carbocycles. The summed E-state index contributed by atoms with van der Waals surface area (Å²) in [5.41, 5.74) is 7.25. The van der Waals surface area contributed by atoms with Gasteiger partial charge in [-0.2, -0.15) is 0 Å². The van der Waals surface area contributed by atoms with Crippen LogP contribution in [0.1, 0.15) is 34.0 Å². The molecule has 2 heterocycles. The SMILES string of the molecule is COc1c(C)cc(Cl)cc1C1NCCc2c1[nH]c1ccc(C)cc21. The Morgan fingerprint density at radius 2 is 2.00 bits per heavy atom. The highest BCUT2D eigenvalue weighted by Crippen LogP contribution is 2.39. The molecule has 0 saturated heterocycles. The van der Waals surface area contributed by atoms with Crippen LogP contribution in [0.25, 0.3) is 10.9 Å². The molecule has 0 bridgehead atoms. The summed E-state index contributed by atoms with van der Waals surface area (Å²) in [7, 11) is 1.72. The topological polar surface area (TPSA) is 37.0 Å². The van der Waals surface area contributed by atoms with Gasteiger partial charge in [-0.15, -0.1) is 0 Å². The van der Waals surface area contributed by atoms with Crippen molar-refractivity contribution in [3.05, 3.63) is 63.3 Å². The largest absolute Gasteiger partial charge is 0.496 e. The third kappa shape index (κ3) is 2.40. The lowest BCUT2D eigenvalue weighted by atomic mass is 9.92. The van der Waals surface area contributed by atoms with E-state index in [9.17, 15) is 0 Å². The maximum Gasteiger partial charge on any atom is 0.127 e. The lowest BCUT2D eigenvalue weighted by Gasteiger charge is -2.27. The van der Waals surface area contributed by atoms with E-state index in [1.807, 2.05) is 19.1 Å². The monoisotopic (exact) mass is 340 g/mol. The van der Waals surface area contributed by atoms with Crippen LogP contribution in [0.4, 0.5) is 0 Å². The van der Waals surface area contributed by atoms with Crippen molar-refractivity contribution in [1.29, 1.82) is 0 Å². The Kier molecular flexibility index (Phi) is 3.78. The van der Waals surface area contributed by atoms with Crippen molar-refractivity contribution in [1.82, 2.24) is 10.3 Å². The average Bonchev–Trinajstić information content (AvgIpc) is 2.92. The van der Waals surface area contributed by atoms with Crippen LogP contribution in [0.3, 0.4) is 0 Å². The summed E-state index contributed by atoms with van der Waals surface area (Å²) in [4.78, 5) is 3.62. The summed E-state index contributed by atoms with van der Waals surface area (Å²) in [6.07, 6.45) is 1.02. The van der Waals surface area contributed by atoms with Crippen molar-refractivity contribution < 1.29 is 4.74 Å². The number of methoxy groups -OCH3 is 1. The fourth-order valence-electron chi connectivity index (χ4n) is 3.86. The summed E-state index contributed by atoms with van der Waals surface area (Å²) < 4.78 is 5.68. The van der Waals surface area contributed by atoms with E-state index in [-0.39, 0.29) is 6.04 Å². The van der Waals surface area contributed by atoms with Gasteiger partial charge in [0.2, 0.25) is 0 Å². The van der Waals surface area contributed by atoms with Crippen molar-refractivity contribution >= 4 is 22.5 Å². The van der Waals surface area contributed by atoms with Gasteiger partial charge in [0.15, 0.2) is 0 Å². The number of aryl methyl sites for hydroxylation is 2. The summed E-state index contributed by atoms with van der Waals surface area (Å²) >= 11 is 6.33. The number of hydrogen-bond acceptors (Lipinski definition) is 2. The molecule has 24 heavy (non-hydrogen) atoms. The number of halogens is 1. The summed E-state index contributed by atoms with van der Waals surface area (Å²) in [5, 5.41) is 5.69. The maximum atomic E-state index is 6.33. The van der Waals surface area contributed by atoms with Crippen molar-refractivity contribution in [2.24, 2.45) is 0 Å². The minimum absolute atomic E-state index is 0.0637. The van der Waals surface area contributed by atoms with E-state index in [1.165, 1.54) is 27.7 Å². The van der Waals surface area contributed by atoms with Gasteiger partial charge in [-0.3, -0.25) is 0 Å². The molecule has 1 atom stereocenters. The molecular weight excluding hydrogens is 320 g/mol. The molecule has 1 aliphatic heterocycles. The van der Waals surface area contributed by atoms with Crippen LogP contribution in [0.2, 0.25) is 5.02 Å². The minimum atomic E-state index is 0.0637. The molecule has 0 fully saturated rings. The predicted octanol–water partition coefficient (Wildman–Crippen LogP) is 4.68. The van der Waals surface area contributed by atoms with Crippen molar-refractivity contribution in [2.45, 2.75) is 26.3 Å². The number of H-pyrrole nitrogens is 1. The summed E-state index contributed by atoms with van der Waals surface area (Å²) in [6, 6.07) is 10.6. The molecule has 2 N–H and O–H groups in total. The third-order valence-electron chi connectivity index (χ3n) is 4.89. The van der Waals surface area contributed by atoms with Gasteiger partial charge in [0.05, 0.1) is 13.2 Å². The minimum Gasteiger partial charge on any atom is -0.496 e. The van der Waals surface area contributed by atoms with Crippen LogP contribution in [-0.2, 0) is 6.42 Å². The molecule has 4 heteroatoms. The number of nitrogens with one attached hydrogen (secondary N) is 2. The van der Waals surface area contributed by atoms with E-state index in [0.717, 1.165) is 34.9 Å². The van der Waals surface area contributed by atoms with Gasteiger partial charge in [-0.1, -0.05) is 23.2 Å². The number of rotatable bonds is 2. The molecule has 0 spiro atoms. The Balaban J connectivity index is 1.93. The van der Waals surface area contributed by atoms with Crippen LogP contribution >= 0.6 is 11.6 Å². The van der Waals surface area contributed by atoms with Crippen LogP contribution in [0.15, 0.2) is 30.3 Å². The van der Waals surface area contributed by atoms with E-state index in [0.29, 0.717) is 0 Å². The zero-order valence-electron chi connectivity index (χ0n) is 14.2. The van der Waals surface area contributed by atoms with Crippen molar-refractivity contribution in [2.75, 3.05) is 13.7 Å². The van der Waals surface area contributed by atoms with Gasteiger partial charge >= 0.3 is 0 Å². The highest BCUT2D eigenvalue weighted by molar-refractivity contribution is 6.30. The fourth-order valence-corrected chi connectivity index (χ4v) is 4.14. The third-order valence-corrected chi connectivity index (χ3v) is 5.11. The predicted molar refractivity (Wildman–Crippen MR) is 99.3 cm³/mol. The number of hydrogen-bond donors (Lipinski definition) is 2. The van der Waals surface area contributed by atoms with E-state index in [4.69, 9.17) is 16.3 Å². The van der Waals surface area contributed by atoms with Gasteiger partial charge in [0.1, 0.15) is 5.75 Å². The summed E-state index contributed by atoms with van der Waals surface area (Å²) in [5.74, 6) is 0.902. The second-order valence-electron chi connectivity index (χ2n) is 6.55. The lowest BCUT2D eigenvalue weighted by molar-refractivity contribution is 0.399. The Morgan fingerprint density at radius 3 is 2.79 bits per heavy atom. The zero-order chi connectivity index (χ0) is 16.8. The number of ether oxygens (including phenoxy) is 1. The molecule has 3 nitrogen and oxygen atoms in total. The molecular formula is C20H21ClN2O. The van der Waals surface area contributed by atoms with Gasteiger partial charge in [-0.05, 0) is 55.7 Å². The van der Waals surface area contributed by atoms with Gasteiger partial charge < -0.3 is 15.0 Å². The average molecular weight is 341 g/mol. The molecule has 0 radical (unpaired) electrons. The first kappa shape index (κ1) is 15.6. The standard InChI is InChI=1S/C20H21ClN2O/c1-11-4-5-17-15(8-11)14-6-7-22-18(19(14)23-17)16-10-13(21)9-12(2)20(16)24-3/h4-5,8-10,18,22-23H,6-7H2,1-3H3. The Labute approximate surface area is 147 Å². The first-order chi connectivity index (χ1) is 11.6. The van der Waals surface area contributed by atoms with Crippen LogP contribution in [0.5, 0.6) is 5.75 Å². The van der Waals surface area contributed by atoms with E-state index in [2.05, 4.69) is 35.4 Å². The molecule has 1 unspecified atom stereocenters. The number of benzene rings is 2. The maximum absolute atomic E-state index is 6.33. The Bertz CT molecular complexity index is 929. The van der Waals surface area contributed by atoms with Crippen LogP contribution in [0, 0.1) is 13.8 Å². The fraction of sp³-hybridized carbons (Fsp3) is 0.300. The summed E-state index contributed by atoms with van der Waals surface area (Å²) in [6.45, 7) is 5.11. The van der Waals surface area contributed by atoms with Crippen molar-refractivity contribution in [3.63, 3.8) is 0 Å². The van der Waals surface area contributed by atoms with Crippen LogP contribution < -0.4 is 10.1 Å². The van der Waals surface area contributed by atoms with Crippen LogP contribution in [-0.4, -0.2) is 18.6 Å². The first-order valence-corrected chi connectivity index (χ1v) is 8.65. The molecule has 124 valence electrons.